The SMILES string of the molecule is C=Cc1ccc(COCCOC(=O)Cc2ccccc2)cc1. The van der Waals surface area contributed by atoms with Gasteiger partial charge < -0.3 is 9.47 Å². The third-order valence-corrected chi connectivity index (χ3v) is 3.17. The number of hydrogen-bond donors (Lipinski definition) is 0. The van der Waals surface area contributed by atoms with Crippen molar-refractivity contribution in [2.24, 2.45) is 0 Å². The molecule has 3 nitrogen and oxygen atoms in total. The zero-order chi connectivity index (χ0) is 15.6. The Morgan fingerprint density at radius 3 is 2.36 bits per heavy atom. The van der Waals surface area contributed by atoms with Crippen molar-refractivity contribution >= 4 is 12.0 Å². The van der Waals surface area contributed by atoms with E-state index in [4.69, 9.17) is 9.47 Å². The molecule has 3 heteroatoms. The summed E-state index contributed by atoms with van der Waals surface area (Å²) in [4.78, 5) is 11.6. The molecule has 0 radical (unpaired) electrons. The molecule has 0 bridgehead atoms. The Balaban J connectivity index is 1.60. The lowest BCUT2D eigenvalue weighted by Gasteiger charge is -2.07. The van der Waals surface area contributed by atoms with Gasteiger partial charge in [-0.05, 0) is 16.7 Å². The van der Waals surface area contributed by atoms with E-state index in [1.807, 2.05) is 54.6 Å². The second-order valence-corrected chi connectivity index (χ2v) is 4.88. The number of carbonyl (C=O) groups excluding carboxylic acids is 1. The Labute approximate surface area is 131 Å². The highest BCUT2D eigenvalue weighted by Gasteiger charge is 2.04. The van der Waals surface area contributed by atoms with Gasteiger partial charge in [0.1, 0.15) is 6.61 Å². The van der Waals surface area contributed by atoms with Gasteiger partial charge in [0, 0.05) is 0 Å². The first-order chi connectivity index (χ1) is 10.8. The second-order valence-electron chi connectivity index (χ2n) is 4.88. The van der Waals surface area contributed by atoms with Gasteiger partial charge in [-0.25, -0.2) is 0 Å². The number of benzene rings is 2. The van der Waals surface area contributed by atoms with Gasteiger partial charge in [-0.3, -0.25) is 4.79 Å². The third kappa shape index (κ3) is 5.54. The van der Waals surface area contributed by atoms with Crippen LogP contribution in [0.1, 0.15) is 16.7 Å². The number of esters is 1. The van der Waals surface area contributed by atoms with Crippen molar-refractivity contribution in [3.8, 4) is 0 Å². The molecule has 2 aromatic carbocycles. The predicted molar refractivity (Wildman–Crippen MR) is 87.3 cm³/mol. The Morgan fingerprint density at radius 2 is 1.68 bits per heavy atom. The Hall–Kier alpha value is -2.39. The van der Waals surface area contributed by atoms with E-state index in [0.717, 1.165) is 16.7 Å². The van der Waals surface area contributed by atoms with Crippen LogP contribution < -0.4 is 0 Å². The highest BCUT2D eigenvalue weighted by Crippen LogP contribution is 2.06. The summed E-state index contributed by atoms with van der Waals surface area (Å²) in [6.45, 7) is 4.89. The van der Waals surface area contributed by atoms with Gasteiger partial charge in [0.25, 0.3) is 0 Å². The molecule has 0 unspecified atom stereocenters. The minimum atomic E-state index is -0.231. The van der Waals surface area contributed by atoms with Crippen molar-refractivity contribution in [3.05, 3.63) is 77.9 Å². The van der Waals surface area contributed by atoms with Crippen molar-refractivity contribution < 1.29 is 14.3 Å². The van der Waals surface area contributed by atoms with E-state index in [1.54, 1.807) is 6.08 Å². The van der Waals surface area contributed by atoms with Gasteiger partial charge in [-0.2, -0.15) is 0 Å². The molecule has 0 amide bonds. The van der Waals surface area contributed by atoms with Crippen LogP contribution in [0.15, 0.2) is 61.2 Å². The molecule has 0 heterocycles. The van der Waals surface area contributed by atoms with Crippen LogP contribution in [0.3, 0.4) is 0 Å². The molecule has 0 spiro atoms. The van der Waals surface area contributed by atoms with Crippen LogP contribution in [0.5, 0.6) is 0 Å². The standard InChI is InChI=1S/C19H20O3/c1-2-16-8-10-18(11-9-16)15-21-12-13-22-19(20)14-17-6-4-3-5-7-17/h2-11H,1,12-15H2. The van der Waals surface area contributed by atoms with Gasteiger partial charge >= 0.3 is 5.97 Å². The normalized spacial score (nSPS) is 10.2. The second kappa shape index (κ2) is 8.80. The summed E-state index contributed by atoms with van der Waals surface area (Å²) in [5, 5.41) is 0. The van der Waals surface area contributed by atoms with Crippen molar-refractivity contribution in [2.45, 2.75) is 13.0 Å². The summed E-state index contributed by atoms with van der Waals surface area (Å²) in [5.41, 5.74) is 3.12. The van der Waals surface area contributed by atoms with Crippen LogP contribution in [0.2, 0.25) is 0 Å². The van der Waals surface area contributed by atoms with E-state index in [9.17, 15) is 4.79 Å². The molecule has 0 N–H and O–H groups in total. The minimum Gasteiger partial charge on any atom is -0.463 e. The van der Waals surface area contributed by atoms with Gasteiger partial charge in [-0.15, -0.1) is 0 Å². The van der Waals surface area contributed by atoms with Gasteiger partial charge in [-0.1, -0.05) is 67.3 Å². The van der Waals surface area contributed by atoms with Crippen LogP contribution >= 0.6 is 0 Å². The molecule has 0 aromatic heterocycles. The molecule has 0 saturated heterocycles. The average molecular weight is 296 g/mol. The largest absolute Gasteiger partial charge is 0.463 e. The van der Waals surface area contributed by atoms with E-state index in [0.29, 0.717) is 19.6 Å². The summed E-state index contributed by atoms with van der Waals surface area (Å²) in [7, 11) is 0. The van der Waals surface area contributed by atoms with Crippen LogP contribution in [-0.4, -0.2) is 19.2 Å². The predicted octanol–water partition coefficient (Wildman–Crippen LogP) is 3.63. The molecule has 0 fully saturated rings. The Kier molecular flexibility index (Phi) is 6.39. The van der Waals surface area contributed by atoms with E-state index in [1.165, 1.54) is 0 Å². The maximum atomic E-state index is 11.6. The highest BCUT2D eigenvalue weighted by molar-refractivity contribution is 5.72. The highest BCUT2D eigenvalue weighted by atomic mass is 16.6. The minimum absolute atomic E-state index is 0.231. The van der Waals surface area contributed by atoms with E-state index in [-0.39, 0.29) is 12.6 Å². The Bertz CT molecular complexity index is 588. The third-order valence-electron chi connectivity index (χ3n) is 3.17. The lowest BCUT2D eigenvalue weighted by molar-refractivity contribution is -0.144. The van der Waals surface area contributed by atoms with Crippen LogP contribution in [0.4, 0.5) is 0 Å². The number of rotatable bonds is 8. The fourth-order valence-electron chi connectivity index (χ4n) is 1.97. The van der Waals surface area contributed by atoms with Crippen LogP contribution in [-0.2, 0) is 27.3 Å². The monoisotopic (exact) mass is 296 g/mol. The summed E-state index contributed by atoms with van der Waals surface area (Å²) >= 11 is 0. The maximum Gasteiger partial charge on any atom is 0.310 e. The summed E-state index contributed by atoms with van der Waals surface area (Å²) in [5.74, 6) is -0.231. The van der Waals surface area contributed by atoms with Crippen molar-refractivity contribution in [1.29, 1.82) is 0 Å². The Morgan fingerprint density at radius 1 is 0.955 bits per heavy atom. The molecule has 0 aliphatic carbocycles. The molecule has 114 valence electrons. The lowest BCUT2D eigenvalue weighted by Crippen LogP contribution is -2.12. The zero-order valence-electron chi connectivity index (χ0n) is 12.5. The smallest absolute Gasteiger partial charge is 0.310 e. The fraction of sp³-hybridized carbons (Fsp3) is 0.211. The van der Waals surface area contributed by atoms with Crippen molar-refractivity contribution in [3.63, 3.8) is 0 Å². The van der Waals surface area contributed by atoms with Crippen LogP contribution in [0, 0.1) is 0 Å². The lowest BCUT2D eigenvalue weighted by atomic mass is 10.1. The van der Waals surface area contributed by atoms with Gasteiger partial charge in [0.05, 0.1) is 19.6 Å². The van der Waals surface area contributed by atoms with E-state index >= 15 is 0 Å². The molecule has 0 atom stereocenters. The summed E-state index contributed by atoms with van der Waals surface area (Å²) in [6, 6.07) is 17.5. The molecule has 2 aromatic rings. The van der Waals surface area contributed by atoms with Crippen molar-refractivity contribution in [1.82, 2.24) is 0 Å². The summed E-state index contributed by atoms with van der Waals surface area (Å²) < 4.78 is 10.6. The summed E-state index contributed by atoms with van der Waals surface area (Å²) in [6.07, 6.45) is 2.10. The molecule has 0 aliphatic rings. The van der Waals surface area contributed by atoms with Gasteiger partial charge in [0.15, 0.2) is 0 Å². The van der Waals surface area contributed by atoms with E-state index in [2.05, 4.69) is 6.58 Å². The van der Waals surface area contributed by atoms with E-state index < -0.39 is 0 Å². The number of hydrogen-bond acceptors (Lipinski definition) is 3. The number of ether oxygens (including phenoxy) is 2. The fourth-order valence-corrected chi connectivity index (χ4v) is 1.97. The first-order valence-corrected chi connectivity index (χ1v) is 7.26. The zero-order valence-corrected chi connectivity index (χ0v) is 12.5. The number of carbonyl (C=O) groups is 1. The maximum absolute atomic E-state index is 11.6. The van der Waals surface area contributed by atoms with Gasteiger partial charge in [0.2, 0.25) is 0 Å². The topological polar surface area (TPSA) is 35.5 Å². The molecule has 0 saturated carbocycles. The molecular formula is C19H20O3. The first kappa shape index (κ1) is 16.0. The molecular weight excluding hydrogens is 276 g/mol. The first-order valence-electron chi connectivity index (χ1n) is 7.26. The molecule has 0 aliphatic heterocycles. The average Bonchev–Trinajstić information content (AvgIpc) is 2.56. The van der Waals surface area contributed by atoms with Crippen LogP contribution in [0.25, 0.3) is 6.08 Å². The molecule has 22 heavy (non-hydrogen) atoms. The van der Waals surface area contributed by atoms with Crippen molar-refractivity contribution in [2.75, 3.05) is 13.2 Å². The molecule has 2 rings (SSSR count). The quantitative estimate of drug-likeness (QED) is 0.551.